The van der Waals surface area contributed by atoms with E-state index in [-0.39, 0.29) is 11.9 Å². The Morgan fingerprint density at radius 1 is 1.43 bits per heavy atom. The van der Waals surface area contributed by atoms with Crippen LogP contribution in [-0.2, 0) is 9.53 Å². The van der Waals surface area contributed by atoms with Crippen LogP contribution < -0.4 is 0 Å². The van der Waals surface area contributed by atoms with Crippen molar-refractivity contribution in [3.63, 3.8) is 0 Å². The molecule has 0 radical (unpaired) electrons. The Balaban J connectivity index is 2.81. The van der Waals surface area contributed by atoms with E-state index in [0.29, 0.717) is 6.61 Å². The van der Waals surface area contributed by atoms with Crippen LogP contribution in [0.4, 0.5) is 0 Å². The molecule has 1 aliphatic rings. The van der Waals surface area contributed by atoms with Gasteiger partial charge in [-0.3, -0.25) is 4.79 Å². The van der Waals surface area contributed by atoms with Crippen LogP contribution in [0.3, 0.4) is 0 Å². The number of ether oxygens (including phenoxy) is 1. The van der Waals surface area contributed by atoms with Gasteiger partial charge in [-0.1, -0.05) is 35.5 Å². The molecule has 0 N–H and O–H groups in total. The van der Waals surface area contributed by atoms with Gasteiger partial charge in [0, 0.05) is 0 Å². The highest BCUT2D eigenvalue weighted by atomic mass is 16.5. The Morgan fingerprint density at radius 3 is 2.79 bits per heavy atom. The number of carbonyl (C=O) groups is 1. The van der Waals surface area contributed by atoms with Crippen molar-refractivity contribution in [2.24, 2.45) is 5.92 Å². The highest BCUT2D eigenvalue weighted by molar-refractivity contribution is 5.78. The van der Waals surface area contributed by atoms with Gasteiger partial charge in [0.25, 0.3) is 0 Å². The first kappa shape index (κ1) is 10.8. The molecular formula is C12H16O2. The van der Waals surface area contributed by atoms with Crippen molar-refractivity contribution < 1.29 is 9.53 Å². The summed E-state index contributed by atoms with van der Waals surface area (Å²) in [7, 11) is 0. The minimum absolute atomic E-state index is 0.166. The fraction of sp³-hybridized carbons (Fsp3) is 0.417. The summed E-state index contributed by atoms with van der Waals surface area (Å²) < 4.78 is 4.99. The third kappa shape index (κ3) is 2.59. The molecule has 0 unspecified atom stereocenters. The smallest absolute Gasteiger partial charge is 0.316 e. The van der Waals surface area contributed by atoms with E-state index in [0.717, 1.165) is 11.1 Å². The zero-order chi connectivity index (χ0) is 10.6. The molecule has 0 heterocycles. The molecule has 0 bridgehead atoms. The van der Waals surface area contributed by atoms with Gasteiger partial charge in [0.1, 0.15) is 0 Å². The Labute approximate surface area is 85.0 Å². The Bertz CT molecular complexity index is 308. The highest BCUT2D eigenvalue weighted by Crippen LogP contribution is 2.18. The molecule has 0 aromatic carbocycles. The predicted molar refractivity (Wildman–Crippen MR) is 56.8 cm³/mol. The van der Waals surface area contributed by atoms with Gasteiger partial charge in [0.15, 0.2) is 0 Å². The van der Waals surface area contributed by atoms with E-state index < -0.39 is 0 Å². The maximum atomic E-state index is 11.5. The molecule has 0 aliphatic heterocycles. The number of hydrogen-bond donors (Lipinski definition) is 0. The zero-order valence-electron chi connectivity index (χ0n) is 8.91. The molecule has 0 saturated heterocycles. The molecule has 1 atom stereocenters. The van der Waals surface area contributed by atoms with Gasteiger partial charge in [0.05, 0.1) is 12.5 Å². The van der Waals surface area contributed by atoms with Crippen LogP contribution in [0.5, 0.6) is 0 Å². The van der Waals surface area contributed by atoms with Gasteiger partial charge in [-0.15, -0.1) is 0 Å². The molecule has 76 valence electrons. The molecule has 14 heavy (non-hydrogen) atoms. The summed E-state index contributed by atoms with van der Waals surface area (Å²) >= 11 is 0. The zero-order valence-corrected chi connectivity index (χ0v) is 8.91. The molecule has 0 saturated carbocycles. The molecule has 0 spiro atoms. The fourth-order valence-corrected chi connectivity index (χ4v) is 1.32. The van der Waals surface area contributed by atoms with Crippen LogP contribution in [0.2, 0.25) is 0 Å². The maximum Gasteiger partial charge on any atom is 0.316 e. The normalized spacial score (nSPS) is 20.9. The van der Waals surface area contributed by atoms with Crippen molar-refractivity contribution in [2.75, 3.05) is 6.61 Å². The lowest BCUT2D eigenvalue weighted by molar-refractivity contribution is -0.145. The molecule has 0 amide bonds. The van der Waals surface area contributed by atoms with Crippen molar-refractivity contribution in [3.8, 4) is 0 Å². The van der Waals surface area contributed by atoms with Gasteiger partial charge < -0.3 is 4.74 Å². The summed E-state index contributed by atoms with van der Waals surface area (Å²) in [6, 6.07) is 0. The first-order valence-electron chi connectivity index (χ1n) is 4.85. The van der Waals surface area contributed by atoms with Gasteiger partial charge in [0.2, 0.25) is 0 Å². The van der Waals surface area contributed by atoms with Crippen molar-refractivity contribution in [1.82, 2.24) is 0 Å². The van der Waals surface area contributed by atoms with Crippen molar-refractivity contribution in [2.45, 2.75) is 20.8 Å². The molecule has 0 aromatic rings. The first-order valence-corrected chi connectivity index (χ1v) is 4.85. The Morgan fingerprint density at radius 2 is 2.14 bits per heavy atom. The maximum absolute atomic E-state index is 11.5. The third-order valence-corrected chi connectivity index (χ3v) is 2.19. The second-order valence-corrected chi connectivity index (χ2v) is 3.41. The second kappa shape index (κ2) is 4.80. The van der Waals surface area contributed by atoms with E-state index in [2.05, 4.69) is 0 Å². The van der Waals surface area contributed by atoms with E-state index >= 15 is 0 Å². The lowest BCUT2D eigenvalue weighted by Gasteiger charge is -2.10. The van der Waals surface area contributed by atoms with E-state index in [9.17, 15) is 4.79 Å². The molecule has 2 heteroatoms. The van der Waals surface area contributed by atoms with E-state index in [4.69, 9.17) is 4.74 Å². The average Bonchev–Trinajstić information content (AvgIpc) is 2.30. The largest absolute Gasteiger partial charge is 0.465 e. The Kier molecular flexibility index (Phi) is 3.69. The number of allylic oxidation sites excluding steroid dienone is 4. The lowest BCUT2D eigenvalue weighted by atomic mass is 10.0. The summed E-state index contributed by atoms with van der Waals surface area (Å²) in [5.41, 5.74) is 2.17. The molecular weight excluding hydrogens is 176 g/mol. The molecule has 0 fully saturated rings. The number of esters is 1. The second-order valence-electron chi connectivity index (χ2n) is 3.41. The quantitative estimate of drug-likeness (QED) is 0.629. The predicted octanol–water partition coefficient (Wildman–Crippen LogP) is 2.63. The molecule has 1 rings (SSSR count). The van der Waals surface area contributed by atoms with Crippen LogP contribution in [0.15, 0.2) is 35.5 Å². The topological polar surface area (TPSA) is 26.3 Å². The van der Waals surface area contributed by atoms with Crippen molar-refractivity contribution in [3.05, 3.63) is 35.5 Å². The summed E-state index contributed by atoms with van der Waals surface area (Å²) in [5, 5.41) is 0. The summed E-state index contributed by atoms with van der Waals surface area (Å²) in [5.74, 6) is -0.385. The van der Waals surface area contributed by atoms with Crippen LogP contribution in [0, 0.1) is 5.92 Å². The lowest BCUT2D eigenvalue weighted by Crippen LogP contribution is -2.16. The SMILES string of the molecule is CCOC(=O)[C@@H]1C=CC(C)=CC=C1C. The third-order valence-electron chi connectivity index (χ3n) is 2.19. The van der Waals surface area contributed by atoms with Crippen LogP contribution in [0.1, 0.15) is 20.8 Å². The molecule has 2 nitrogen and oxygen atoms in total. The standard InChI is InChI=1S/C12H16O2/c1-4-14-12(13)11-8-6-9(2)5-7-10(11)3/h5-8,11H,4H2,1-3H3/t11-/m1/s1. The monoisotopic (exact) mass is 192 g/mol. The minimum Gasteiger partial charge on any atom is -0.465 e. The van der Waals surface area contributed by atoms with E-state index in [1.54, 1.807) is 0 Å². The van der Waals surface area contributed by atoms with Crippen molar-refractivity contribution >= 4 is 5.97 Å². The van der Waals surface area contributed by atoms with E-state index in [1.807, 2.05) is 45.1 Å². The molecule has 1 aliphatic carbocycles. The van der Waals surface area contributed by atoms with Crippen molar-refractivity contribution in [1.29, 1.82) is 0 Å². The average molecular weight is 192 g/mol. The Hall–Kier alpha value is -1.31. The summed E-state index contributed by atoms with van der Waals surface area (Å²) in [6.07, 6.45) is 7.82. The molecule has 0 aromatic heterocycles. The summed E-state index contributed by atoms with van der Waals surface area (Å²) in [4.78, 5) is 11.5. The van der Waals surface area contributed by atoms with Crippen LogP contribution in [0.25, 0.3) is 0 Å². The summed E-state index contributed by atoms with van der Waals surface area (Å²) in [6.45, 7) is 6.21. The number of hydrogen-bond acceptors (Lipinski definition) is 2. The number of carbonyl (C=O) groups excluding carboxylic acids is 1. The van der Waals surface area contributed by atoms with Crippen LogP contribution in [-0.4, -0.2) is 12.6 Å². The van der Waals surface area contributed by atoms with E-state index in [1.165, 1.54) is 0 Å². The first-order chi connectivity index (χ1) is 6.65. The van der Waals surface area contributed by atoms with Gasteiger partial charge in [-0.25, -0.2) is 0 Å². The van der Waals surface area contributed by atoms with Crippen LogP contribution >= 0.6 is 0 Å². The highest BCUT2D eigenvalue weighted by Gasteiger charge is 2.18. The van der Waals surface area contributed by atoms with Gasteiger partial charge in [-0.05, 0) is 20.8 Å². The van der Waals surface area contributed by atoms with Gasteiger partial charge >= 0.3 is 5.97 Å². The fourth-order valence-electron chi connectivity index (χ4n) is 1.32. The minimum atomic E-state index is -0.219. The number of rotatable bonds is 2. The van der Waals surface area contributed by atoms with Gasteiger partial charge in [-0.2, -0.15) is 0 Å².